The fourth-order valence-electron chi connectivity index (χ4n) is 2.19. The van der Waals surface area contributed by atoms with Gasteiger partial charge in [-0.2, -0.15) is 0 Å². The van der Waals surface area contributed by atoms with Gasteiger partial charge in [-0.25, -0.2) is 4.79 Å². The van der Waals surface area contributed by atoms with Crippen LogP contribution < -0.4 is 0 Å². The highest BCUT2D eigenvalue weighted by Crippen LogP contribution is 2.39. The summed E-state index contributed by atoms with van der Waals surface area (Å²) in [4.78, 5) is 11.0. The standard InChI is InChI=1S/C10H14O4/c1-10(13)7-4-9(12)14-5-6(7)2-3-8(10)11/h4,6,8,11,13H,2-3,5H2,1H3. The quantitative estimate of drug-likeness (QED) is 0.537. The third kappa shape index (κ3) is 1.35. The minimum Gasteiger partial charge on any atom is -0.462 e. The molecule has 2 rings (SSSR count). The first-order chi connectivity index (χ1) is 6.51. The Balaban J connectivity index is 2.35. The third-order valence-electron chi connectivity index (χ3n) is 3.16. The Hall–Kier alpha value is -0.870. The molecular formula is C10H14O4. The maximum atomic E-state index is 11.0. The lowest BCUT2D eigenvalue weighted by Gasteiger charge is -2.42. The normalized spacial score (nSPS) is 42.5. The van der Waals surface area contributed by atoms with Crippen LogP contribution in [0, 0.1) is 5.92 Å². The van der Waals surface area contributed by atoms with Gasteiger partial charge in [0.15, 0.2) is 0 Å². The zero-order valence-corrected chi connectivity index (χ0v) is 8.06. The Bertz CT molecular complexity index is 292. The maximum absolute atomic E-state index is 11.0. The summed E-state index contributed by atoms with van der Waals surface area (Å²) in [7, 11) is 0. The van der Waals surface area contributed by atoms with Gasteiger partial charge >= 0.3 is 5.97 Å². The highest BCUT2D eigenvalue weighted by Gasteiger charge is 2.44. The molecule has 3 unspecified atom stereocenters. The fourth-order valence-corrected chi connectivity index (χ4v) is 2.19. The minimum absolute atomic E-state index is 0.0751. The Morgan fingerprint density at radius 3 is 3.00 bits per heavy atom. The molecule has 0 aromatic rings. The molecule has 1 fully saturated rings. The lowest BCUT2D eigenvalue weighted by atomic mass is 9.72. The minimum atomic E-state index is -1.28. The molecule has 0 spiro atoms. The van der Waals surface area contributed by atoms with Crippen molar-refractivity contribution in [3.63, 3.8) is 0 Å². The average molecular weight is 198 g/mol. The van der Waals surface area contributed by atoms with Crippen molar-refractivity contribution in [1.82, 2.24) is 0 Å². The van der Waals surface area contributed by atoms with Crippen LogP contribution in [0.25, 0.3) is 0 Å². The van der Waals surface area contributed by atoms with Crippen LogP contribution in [0.2, 0.25) is 0 Å². The molecule has 0 bridgehead atoms. The van der Waals surface area contributed by atoms with Gasteiger partial charge in [0.25, 0.3) is 0 Å². The van der Waals surface area contributed by atoms with Gasteiger partial charge in [-0.05, 0) is 25.3 Å². The molecule has 4 nitrogen and oxygen atoms in total. The fraction of sp³-hybridized carbons (Fsp3) is 0.700. The van der Waals surface area contributed by atoms with Crippen molar-refractivity contribution in [2.24, 2.45) is 5.92 Å². The SMILES string of the molecule is CC1(O)C2=CC(=O)OCC2CCC1O. The predicted octanol–water partition coefficient (Wildman–Crippen LogP) is -0.00850. The number of cyclic esters (lactones) is 1. The second kappa shape index (κ2) is 3.07. The number of carbonyl (C=O) groups is 1. The first-order valence-electron chi connectivity index (χ1n) is 4.81. The van der Waals surface area contributed by atoms with Crippen LogP contribution in [0.5, 0.6) is 0 Å². The van der Waals surface area contributed by atoms with Gasteiger partial charge < -0.3 is 14.9 Å². The summed E-state index contributed by atoms with van der Waals surface area (Å²) in [6.45, 7) is 1.88. The molecule has 1 aliphatic carbocycles. The van der Waals surface area contributed by atoms with E-state index in [9.17, 15) is 15.0 Å². The molecule has 2 N–H and O–H groups in total. The van der Waals surface area contributed by atoms with E-state index in [1.165, 1.54) is 6.08 Å². The van der Waals surface area contributed by atoms with Gasteiger partial charge in [-0.1, -0.05) is 0 Å². The van der Waals surface area contributed by atoms with Crippen LogP contribution in [0.3, 0.4) is 0 Å². The first-order valence-corrected chi connectivity index (χ1v) is 4.81. The van der Waals surface area contributed by atoms with E-state index < -0.39 is 17.7 Å². The number of aliphatic hydroxyl groups is 2. The van der Waals surface area contributed by atoms with E-state index in [1.54, 1.807) is 6.92 Å². The van der Waals surface area contributed by atoms with E-state index in [4.69, 9.17) is 4.74 Å². The zero-order valence-electron chi connectivity index (χ0n) is 8.06. The van der Waals surface area contributed by atoms with Crippen LogP contribution in [-0.4, -0.2) is 34.5 Å². The molecule has 0 radical (unpaired) electrons. The summed E-state index contributed by atoms with van der Waals surface area (Å²) in [5.41, 5.74) is -0.657. The molecule has 0 saturated heterocycles. The Morgan fingerprint density at radius 2 is 2.29 bits per heavy atom. The second-order valence-electron chi connectivity index (χ2n) is 4.17. The molecule has 0 aromatic heterocycles. The predicted molar refractivity (Wildman–Crippen MR) is 48.4 cm³/mol. The highest BCUT2D eigenvalue weighted by atomic mass is 16.5. The number of hydrogen-bond acceptors (Lipinski definition) is 4. The molecule has 4 heteroatoms. The molecular weight excluding hydrogens is 184 g/mol. The van der Waals surface area contributed by atoms with Gasteiger partial charge in [0, 0.05) is 12.0 Å². The smallest absolute Gasteiger partial charge is 0.330 e. The van der Waals surface area contributed by atoms with Gasteiger partial charge in [0.1, 0.15) is 5.60 Å². The Morgan fingerprint density at radius 1 is 1.57 bits per heavy atom. The van der Waals surface area contributed by atoms with E-state index >= 15 is 0 Å². The number of ether oxygens (including phenoxy) is 1. The van der Waals surface area contributed by atoms with Crippen LogP contribution in [0.15, 0.2) is 11.6 Å². The average Bonchev–Trinajstić information content (AvgIpc) is 2.13. The summed E-state index contributed by atoms with van der Waals surface area (Å²) in [6, 6.07) is 0. The van der Waals surface area contributed by atoms with E-state index in [0.717, 1.165) is 6.42 Å². The Kier molecular flexibility index (Phi) is 2.12. The summed E-state index contributed by atoms with van der Waals surface area (Å²) in [6.07, 6.45) is 1.84. The van der Waals surface area contributed by atoms with Gasteiger partial charge in [0.2, 0.25) is 0 Å². The molecule has 1 heterocycles. The molecule has 3 atom stereocenters. The molecule has 1 saturated carbocycles. The monoisotopic (exact) mass is 198 g/mol. The van der Waals surface area contributed by atoms with Crippen molar-refractivity contribution in [1.29, 1.82) is 0 Å². The molecule has 0 amide bonds. The van der Waals surface area contributed by atoms with Gasteiger partial charge in [-0.15, -0.1) is 0 Å². The Labute approximate surface area is 82.2 Å². The van der Waals surface area contributed by atoms with E-state index in [1.807, 2.05) is 0 Å². The van der Waals surface area contributed by atoms with Gasteiger partial charge in [-0.3, -0.25) is 0 Å². The highest BCUT2D eigenvalue weighted by molar-refractivity contribution is 5.84. The van der Waals surface area contributed by atoms with Crippen molar-refractivity contribution >= 4 is 5.97 Å². The van der Waals surface area contributed by atoms with E-state index in [-0.39, 0.29) is 5.92 Å². The largest absolute Gasteiger partial charge is 0.462 e. The van der Waals surface area contributed by atoms with Gasteiger partial charge in [0.05, 0.1) is 12.7 Å². The number of esters is 1. The molecule has 0 aromatic carbocycles. The molecule has 2 aliphatic rings. The van der Waals surface area contributed by atoms with E-state index in [0.29, 0.717) is 18.6 Å². The number of aliphatic hydroxyl groups excluding tert-OH is 1. The first kappa shape index (κ1) is 9.68. The van der Waals surface area contributed by atoms with Crippen molar-refractivity contribution < 1.29 is 19.7 Å². The summed E-state index contributed by atoms with van der Waals surface area (Å²) >= 11 is 0. The van der Waals surface area contributed by atoms with E-state index in [2.05, 4.69) is 0 Å². The number of fused-ring (bicyclic) bond motifs is 1. The summed E-state index contributed by atoms with van der Waals surface area (Å²) in [5, 5.41) is 19.6. The third-order valence-corrected chi connectivity index (χ3v) is 3.16. The van der Waals surface area contributed by atoms with Crippen LogP contribution >= 0.6 is 0 Å². The topological polar surface area (TPSA) is 66.8 Å². The lowest BCUT2D eigenvalue weighted by molar-refractivity contribution is -0.143. The van der Waals surface area contributed by atoms with Crippen LogP contribution in [-0.2, 0) is 9.53 Å². The lowest BCUT2D eigenvalue weighted by Crippen LogP contribution is -2.49. The van der Waals surface area contributed by atoms with Crippen molar-refractivity contribution in [3.8, 4) is 0 Å². The second-order valence-corrected chi connectivity index (χ2v) is 4.17. The number of rotatable bonds is 0. The maximum Gasteiger partial charge on any atom is 0.330 e. The van der Waals surface area contributed by atoms with Crippen molar-refractivity contribution in [2.45, 2.75) is 31.5 Å². The summed E-state index contributed by atoms with van der Waals surface area (Å²) in [5.74, 6) is -0.350. The molecule has 14 heavy (non-hydrogen) atoms. The van der Waals surface area contributed by atoms with Crippen molar-refractivity contribution in [3.05, 3.63) is 11.6 Å². The number of carbonyl (C=O) groups excluding carboxylic acids is 1. The van der Waals surface area contributed by atoms with Crippen molar-refractivity contribution in [2.75, 3.05) is 6.61 Å². The molecule has 78 valence electrons. The molecule has 1 aliphatic heterocycles. The zero-order chi connectivity index (χ0) is 10.3. The summed E-state index contributed by atoms with van der Waals surface area (Å²) < 4.78 is 4.87. The van der Waals surface area contributed by atoms with Crippen LogP contribution in [0.1, 0.15) is 19.8 Å². The number of hydrogen-bond donors (Lipinski definition) is 2. The van der Waals surface area contributed by atoms with Crippen LogP contribution in [0.4, 0.5) is 0 Å².